The fraction of sp³-hybridized carbons (Fsp3) is 0.867. The van der Waals surface area contributed by atoms with Crippen LogP contribution in [0.2, 0.25) is 0 Å². The second-order valence-corrected chi connectivity index (χ2v) is 12.8. The molecule has 0 aromatic heterocycles. The molecule has 16 nitrogen and oxygen atoms in total. The molecule has 4 rings (SSSR count). The Morgan fingerprint density at radius 3 is 0.638 bits per heavy atom. The van der Waals surface area contributed by atoms with E-state index in [1.807, 2.05) is 19.6 Å². The molecular formula is C30H56CuN8O8. The molecule has 4 N–H and O–H groups in total. The predicted octanol–water partition coefficient (Wildman–Crippen LogP) is -2.44. The maximum atomic E-state index is 11.0. The van der Waals surface area contributed by atoms with Crippen molar-refractivity contribution in [3.8, 4) is 0 Å². The Morgan fingerprint density at radius 2 is 0.489 bits per heavy atom. The number of hydrogen-bond donors (Lipinski definition) is 4. The van der Waals surface area contributed by atoms with Gasteiger partial charge in [-0.05, 0) is 39.0 Å². The van der Waals surface area contributed by atoms with Gasteiger partial charge in [-0.15, -0.1) is 0 Å². The Morgan fingerprint density at radius 1 is 0.319 bits per heavy atom. The smallest absolute Gasteiger partial charge is 0.317 e. The molecule has 4 aliphatic rings. The summed E-state index contributed by atoms with van der Waals surface area (Å²) in [6, 6.07) is 0. The molecule has 47 heavy (non-hydrogen) atoms. The van der Waals surface area contributed by atoms with Crippen LogP contribution in [0.1, 0.15) is 12.8 Å². The number of hydrogen-bond acceptors (Lipinski definition) is 12. The molecule has 0 aromatic carbocycles. The number of nitrogens with zero attached hydrogens (tertiary/aromatic N) is 8. The van der Waals surface area contributed by atoms with Gasteiger partial charge in [0.15, 0.2) is 0 Å². The molecule has 0 amide bonds. The van der Waals surface area contributed by atoms with Gasteiger partial charge in [0, 0.05) is 122 Å². The summed E-state index contributed by atoms with van der Waals surface area (Å²) < 4.78 is 0. The number of carbonyl (C=O) groups is 4. The van der Waals surface area contributed by atoms with Crippen LogP contribution >= 0.6 is 0 Å². The zero-order chi connectivity index (χ0) is 33.3. The third-order valence-corrected chi connectivity index (χ3v) is 9.19. The van der Waals surface area contributed by atoms with E-state index in [0.29, 0.717) is 0 Å². The quantitative estimate of drug-likeness (QED) is 0.195. The first-order valence-corrected chi connectivity index (χ1v) is 16.7. The minimum absolute atomic E-state index is 0. The van der Waals surface area contributed by atoms with E-state index in [-0.39, 0.29) is 43.2 Å². The first kappa shape index (κ1) is 41.3. The van der Waals surface area contributed by atoms with E-state index >= 15 is 0 Å². The molecule has 0 atom stereocenters. The first-order valence-electron chi connectivity index (χ1n) is 16.7. The minimum Gasteiger partial charge on any atom is -0.480 e. The average Bonchev–Trinajstić information content (AvgIpc) is 2.98. The van der Waals surface area contributed by atoms with E-state index in [1.165, 1.54) is 0 Å². The van der Waals surface area contributed by atoms with Gasteiger partial charge in [-0.25, -0.2) is 0 Å². The summed E-state index contributed by atoms with van der Waals surface area (Å²) >= 11 is 0. The fourth-order valence-corrected chi connectivity index (χ4v) is 6.49. The van der Waals surface area contributed by atoms with Gasteiger partial charge in [-0.2, -0.15) is 0 Å². The van der Waals surface area contributed by atoms with Gasteiger partial charge in [0.05, 0.1) is 26.2 Å². The van der Waals surface area contributed by atoms with Gasteiger partial charge in [0.25, 0.3) is 0 Å². The molecule has 0 unspecified atom stereocenters. The zero-order valence-electron chi connectivity index (χ0n) is 27.7. The van der Waals surface area contributed by atoms with E-state index in [1.54, 1.807) is 0 Å². The van der Waals surface area contributed by atoms with Crippen LogP contribution in [0.4, 0.5) is 0 Å². The molecule has 4 aliphatic heterocycles. The van der Waals surface area contributed by atoms with Crippen LogP contribution < -0.4 is 0 Å². The molecule has 0 aromatic rings. The molecule has 4 fully saturated rings. The van der Waals surface area contributed by atoms with Crippen LogP contribution in [0, 0.1) is 0 Å². The molecule has 0 aliphatic carbocycles. The number of fused-ring (bicyclic) bond motifs is 8. The van der Waals surface area contributed by atoms with Crippen LogP contribution in [0.3, 0.4) is 0 Å². The Hall–Kier alpha value is -1.92. The first-order chi connectivity index (χ1) is 22.0. The number of aliphatic carboxylic acids is 4. The van der Waals surface area contributed by atoms with Crippen LogP contribution in [-0.4, -0.2) is 241 Å². The molecular weight excluding hydrogens is 664 g/mol. The third kappa shape index (κ3) is 17.9. The average molecular weight is 720 g/mol. The molecule has 4 bridgehead atoms. The van der Waals surface area contributed by atoms with E-state index in [0.717, 1.165) is 144 Å². The summed E-state index contributed by atoms with van der Waals surface area (Å²) in [6.07, 6.45) is 2.22. The largest absolute Gasteiger partial charge is 0.480 e. The van der Waals surface area contributed by atoms with Crippen molar-refractivity contribution in [2.75, 3.05) is 157 Å². The van der Waals surface area contributed by atoms with Gasteiger partial charge in [0.1, 0.15) is 0 Å². The van der Waals surface area contributed by atoms with Gasteiger partial charge in [-0.3, -0.25) is 38.8 Å². The molecule has 4 heterocycles. The summed E-state index contributed by atoms with van der Waals surface area (Å²) in [5, 5.41) is 36.2. The summed E-state index contributed by atoms with van der Waals surface area (Å²) in [5.74, 6) is -3.11. The second-order valence-electron chi connectivity index (χ2n) is 12.8. The Kier molecular flexibility index (Phi) is 19.9. The standard InChI is InChI=1S/2C15H28N4O4.Cu/c2*20-14(21)12-18-8-4-16-2-1-3-17(6-10-18)7-11-19(9-5-16)13-15(22)23;/h2*1-13H2,(H,20,21)(H,22,23);. The van der Waals surface area contributed by atoms with Gasteiger partial charge >= 0.3 is 23.9 Å². The molecule has 4 saturated heterocycles. The molecule has 17 heteroatoms. The topological polar surface area (TPSA) is 175 Å². The maximum Gasteiger partial charge on any atom is 0.317 e. The van der Waals surface area contributed by atoms with Gasteiger partial charge < -0.3 is 40.0 Å². The maximum absolute atomic E-state index is 11.0. The molecule has 0 saturated carbocycles. The van der Waals surface area contributed by atoms with Crippen molar-refractivity contribution in [3.63, 3.8) is 0 Å². The number of carboxylic acids is 4. The van der Waals surface area contributed by atoms with E-state index in [9.17, 15) is 19.2 Å². The zero-order valence-corrected chi connectivity index (χ0v) is 28.6. The Balaban J connectivity index is 0.000000320. The normalized spacial score (nSPS) is 27.9. The van der Waals surface area contributed by atoms with Crippen LogP contribution in [0.5, 0.6) is 0 Å². The number of carboxylic acid groups (broad SMARTS) is 4. The Labute approximate surface area is 289 Å². The summed E-state index contributed by atoms with van der Waals surface area (Å²) in [4.78, 5) is 61.4. The molecule has 0 spiro atoms. The summed E-state index contributed by atoms with van der Waals surface area (Å²) in [6.45, 7) is 17.0. The second kappa shape index (κ2) is 22.7. The SMILES string of the molecule is O=C(O)CN1CCN2CCCN(CC1)CCN(CC(=O)O)CC2.O=C(O)CN1CCN2CCCN(CC1)CCN(CC(=O)O)CC2.[Cu]. The van der Waals surface area contributed by atoms with Crippen molar-refractivity contribution >= 4 is 23.9 Å². The fourth-order valence-electron chi connectivity index (χ4n) is 6.49. The van der Waals surface area contributed by atoms with Crippen molar-refractivity contribution in [2.45, 2.75) is 12.8 Å². The Bertz CT molecular complexity index is 791. The van der Waals surface area contributed by atoms with E-state index in [2.05, 4.69) is 19.6 Å². The van der Waals surface area contributed by atoms with Crippen molar-refractivity contribution in [1.29, 1.82) is 0 Å². The van der Waals surface area contributed by atoms with Crippen LogP contribution in [-0.2, 0) is 36.2 Å². The van der Waals surface area contributed by atoms with E-state index in [4.69, 9.17) is 20.4 Å². The van der Waals surface area contributed by atoms with Crippen LogP contribution in [0.25, 0.3) is 0 Å². The number of rotatable bonds is 8. The minimum atomic E-state index is -0.778. The van der Waals surface area contributed by atoms with Gasteiger partial charge in [-0.1, -0.05) is 0 Å². The van der Waals surface area contributed by atoms with Gasteiger partial charge in [0.2, 0.25) is 0 Å². The predicted molar refractivity (Wildman–Crippen MR) is 171 cm³/mol. The summed E-state index contributed by atoms with van der Waals surface area (Å²) in [5.41, 5.74) is 0. The van der Waals surface area contributed by atoms with Crippen LogP contribution in [0.15, 0.2) is 0 Å². The van der Waals surface area contributed by atoms with Crippen molar-refractivity contribution < 1.29 is 56.7 Å². The third-order valence-electron chi connectivity index (χ3n) is 9.19. The molecule has 1 radical (unpaired) electrons. The van der Waals surface area contributed by atoms with Crippen molar-refractivity contribution in [3.05, 3.63) is 0 Å². The van der Waals surface area contributed by atoms with E-state index < -0.39 is 23.9 Å². The monoisotopic (exact) mass is 719 g/mol. The summed E-state index contributed by atoms with van der Waals surface area (Å²) in [7, 11) is 0. The van der Waals surface area contributed by atoms with Crippen molar-refractivity contribution in [2.24, 2.45) is 0 Å². The molecule has 275 valence electrons. The van der Waals surface area contributed by atoms with Crippen molar-refractivity contribution in [1.82, 2.24) is 39.2 Å².